The van der Waals surface area contributed by atoms with E-state index in [9.17, 15) is 18.4 Å². The molecule has 0 spiro atoms. The van der Waals surface area contributed by atoms with E-state index < -0.39 is 35.5 Å². The van der Waals surface area contributed by atoms with Crippen LogP contribution in [0.25, 0.3) is 0 Å². The van der Waals surface area contributed by atoms with Gasteiger partial charge >= 0.3 is 5.97 Å². The van der Waals surface area contributed by atoms with Gasteiger partial charge in [0.1, 0.15) is 11.6 Å². The van der Waals surface area contributed by atoms with Gasteiger partial charge in [-0.3, -0.25) is 9.59 Å². The number of ether oxygens (including phenoxy) is 2. The topological polar surface area (TPSA) is 116 Å². The zero-order chi connectivity index (χ0) is 26.5. The highest BCUT2D eigenvalue weighted by Gasteiger charge is 2.27. The molecule has 1 N–H and O–H groups in total. The molecule has 1 amide bonds. The van der Waals surface area contributed by atoms with E-state index in [0.29, 0.717) is 11.1 Å². The van der Waals surface area contributed by atoms with Gasteiger partial charge in [0.25, 0.3) is 5.91 Å². The number of benzene rings is 2. The molecule has 0 fully saturated rings. The lowest BCUT2D eigenvalue weighted by atomic mass is 9.91. The van der Waals surface area contributed by atoms with Crippen LogP contribution in [0, 0.1) is 11.6 Å². The van der Waals surface area contributed by atoms with Crippen LogP contribution >= 0.6 is 0 Å². The van der Waals surface area contributed by atoms with Gasteiger partial charge in [-0.25, -0.2) is 13.8 Å². The first-order chi connectivity index (χ1) is 17.8. The van der Waals surface area contributed by atoms with Gasteiger partial charge in [0, 0.05) is 19.2 Å². The molecular formula is C26H22F2N4O5. The number of amides is 1. The fourth-order valence-electron chi connectivity index (χ4n) is 3.65. The molecule has 0 bridgehead atoms. The molecule has 0 aliphatic carbocycles. The van der Waals surface area contributed by atoms with Crippen molar-refractivity contribution in [3.05, 3.63) is 101 Å². The number of rotatable bonds is 8. The van der Waals surface area contributed by atoms with Crippen molar-refractivity contribution >= 4 is 11.9 Å². The Hall–Kier alpha value is -4.67. The van der Waals surface area contributed by atoms with E-state index in [1.165, 1.54) is 50.6 Å². The summed E-state index contributed by atoms with van der Waals surface area (Å²) >= 11 is 0. The molecule has 0 aliphatic heterocycles. The van der Waals surface area contributed by atoms with E-state index in [2.05, 4.69) is 20.4 Å². The van der Waals surface area contributed by atoms with Crippen LogP contribution in [0.4, 0.5) is 8.78 Å². The van der Waals surface area contributed by atoms with Crippen LogP contribution in [0.3, 0.4) is 0 Å². The Morgan fingerprint density at radius 2 is 1.57 bits per heavy atom. The van der Waals surface area contributed by atoms with E-state index in [1.807, 2.05) is 0 Å². The summed E-state index contributed by atoms with van der Waals surface area (Å²) < 4.78 is 42.9. The molecule has 11 heteroatoms. The highest BCUT2D eigenvalue weighted by atomic mass is 19.1. The van der Waals surface area contributed by atoms with Gasteiger partial charge < -0.3 is 19.3 Å². The molecule has 4 aromatic rings. The number of pyridine rings is 1. The van der Waals surface area contributed by atoms with Gasteiger partial charge in [-0.2, -0.15) is 4.98 Å². The third-order valence-electron chi connectivity index (χ3n) is 5.40. The number of halogens is 2. The van der Waals surface area contributed by atoms with Crippen molar-refractivity contribution in [1.29, 1.82) is 0 Å². The number of esters is 1. The molecule has 0 saturated carbocycles. The van der Waals surface area contributed by atoms with E-state index in [-0.39, 0.29) is 28.9 Å². The monoisotopic (exact) mass is 508 g/mol. The van der Waals surface area contributed by atoms with E-state index in [0.717, 1.165) is 0 Å². The predicted molar refractivity (Wildman–Crippen MR) is 126 cm³/mol. The largest absolute Gasteiger partial charge is 0.493 e. The number of carbonyl (C=O) groups excluding carboxylic acids is 2. The standard InChI is InChI=1S/C26H22F2N4O5/c1-14(30-25(34)22-23(36-15(2)33)20(35-3)12-13-29-22)24-31-26(37-32-24)21(16-4-8-18(27)9-5-16)17-6-10-19(28)11-7-17/h4-14,21H,1-3H3,(H,30,34)/t14-/m0/s1. The quantitative estimate of drug-likeness (QED) is 0.349. The SMILES string of the molecule is COc1ccnc(C(=O)N[C@@H](C)c2noc(C(c3ccc(F)cc3)c3ccc(F)cc3)n2)c1OC(C)=O. The van der Waals surface area contributed by atoms with E-state index >= 15 is 0 Å². The molecular weight excluding hydrogens is 486 g/mol. The second-order valence-corrected chi connectivity index (χ2v) is 8.01. The minimum absolute atomic E-state index is 0.122. The molecule has 2 heterocycles. The van der Waals surface area contributed by atoms with Gasteiger partial charge in [-0.05, 0) is 42.3 Å². The number of methoxy groups -OCH3 is 1. The average Bonchev–Trinajstić information content (AvgIpc) is 3.36. The molecule has 2 aromatic heterocycles. The second-order valence-electron chi connectivity index (χ2n) is 8.01. The number of nitrogens with zero attached hydrogens (tertiary/aromatic N) is 3. The maximum absolute atomic E-state index is 13.5. The summed E-state index contributed by atoms with van der Waals surface area (Å²) in [7, 11) is 1.37. The van der Waals surface area contributed by atoms with E-state index in [1.54, 1.807) is 31.2 Å². The van der Waals surface area contributed by atoms with Gasteiger partial charge in [-0.1, -0.05) is 29.4 Å². The smallest absolute Gasteiger partial charge is 0.308 e. The molecule has 1 atom stereocenters. The summed E-state index contributed by atoms with van der Waals surface area (Å²) in [6.07, 6.45) is 1.34. The second kappa shape index (κ2) is 10.9. The van der Waals surface area contributed by atoms with Crippen LogP contribution < -0.4 is 14.8 Å². The zero-order valence-electron chi connectivity index (χ0n) is 20.1. The van der Waals surface area contributed by atoms with Crippen molar-refractivity contribution in [2.75, 3.05) is 7.11 Å². The average molecular weight is 508 g/mol. The minimum atomic E-state index is -0.745. The lowest BCUT2D eigenvalue weighted by molar-refractivity contribution is -0.132. The van der Waals surface area contributed by atoms with Gasteiger partial charge in [0.05, 0.1) is 19.1 Å². The van der Waals surface area contributed by atoms with Gasteiger partial charge in [-0.15, -0.1) is 0 Å². The van der Waals surface area contributed by atoms with Gasteiger partial charge in [0.15, 0.2) is 17.3 Å². The van der Waals surface area contributed by atoms with Crippen molar-refractivity contribution in [1.82, 2.24) is 20.4 Å². The fourth-order valence-corrected chi connectivity index (χ4v) is 3.65. The third kappa shape index (κ3) is 5.77. The van der Waals surface area contributed by atoms with Crippen molar-refractivity contribution in [2.45, 2.75) is 25.8 Å². The summed E-state index contributed by atoms with van der Waals surface area (Å²) in [5.41, 5.74) is 1.12. The molecule has 0 aliphatic rings. The summed E-state index contributed by atoms with van der Waals surface area (Å²) in [5.74, 6) is -2.40. The van der Waals surface area contributed by atoms with Crippen LogP contribution in [0.15, 0.2) is 65.3 Å². The fraction of sp³-hybridized carbons (Fsp3) is 0.192. The first kappa shape index (κ1) is 25.4. The summed E-state index contributed by atoms with van der Waals surface area (Å²) in [4.78, 5) is 33.0. The van der Waals surface area contributed by atoms with E-state index in [4.69, 9.17) is 14.0 Å². The third-order valence-corrected chi connectivity index (χ3v) is 5.40. The number of hydrogen-bond acceptors (Lipinski definition) is 8. The molecule has 4 rings (SSSR count). The van der Waals surface area contributed by atoms with Crippen LogP contribution in [0.1, 0.15) is 59.1 Å². The lowest BCUT2D eigenvalue weighted by Crippen LogP contribution is -2.29. The molecule has 190 valence electrons. The molecule has 0 unspecified atom stereocenters. The van der Waals surface area contributed by atoms with Crippen LogP contribution in [-0.2, 0) is 4.79 Å². The minimum Gasteiger partial charge on any atom is -0.493 e. The summed E-state index contributed by atoms with van der Waals surface area (Å²) in [5, 5.41) is 6.69. The normalized spacial score (nSPS) is 11.7. The maximum Gasteiger partial charge on any atom is 0.308 e. The Morgan fingerprint density at radius 1 is 0.973 bits per heavy atom. The van der Waals surface area contributed by atoms with Crippen molar-refractivity contribution < 1.29 is 32.4 Å². The van der Waals surface area contributed by atoms with Crippen LogP contribution in [0.2, 0.25) is 0 Å². The summed E-state index contributed by atoms with van der Waals surface area (Å²) in [6, 6.07) is 12.2. The number of aromatic nitrogens is 3. The Morgan fingerprint density at radius 3 is 2.11 bits per heavy atom. The van der Waals surface area contributed by atoms with Gasteiger partial charge in [0.2, 0.25) is 11.6 Å². The predicted octanol–water partition coefficient (Wildman–Crippen LogP) is 4.35. The lowest BCUT2D eigenvalue weighted by Gasteiger charge is -2.15. The molecule has 2 aromatic carbocycles. The Bertz CT molecular complexity index is 1360. The maximum atomic E-state index is 13.5. The first-order valence-corrected chi connectivity index (χ1v) is 11.1. The van der Waals surface area contributed by atoms with Crippen molar-refractivity contribution in [3.8, 4) is 11.5 Å². The zero-order valence-corrected chi connectivity index (χ0v) is 20.1. The first-order valence-electron chi connectivity index (χ1n) is 11.1. The number of nitrogens with one attached hydrogen (secondary N) is 1. The van der Waals surface area contributed by atoms with Crippen molar-refractivity contribution in [2.24, 2.45) is 0 Å². The number of carbonyl (C=O) groups is 2. The van der Waals surface area contributed by atoms with Crippen molar-refractivity contribution in [3.63, 3.8) is 0 Å². The Labute approximate surface area is 210 Å². The van der Waals surface area contributed by atoms with Crippen LogP contribution in [-0.4, -0.2) is 34.1 Å². The van der Waals surface area contributed by atoms with Crippen LogP contribution in [0.5, 0.6) is 11.5 Å². The molecule has 9 nitrogen and oxygen atoms in total. The Kier molecular flexibility index (Phi) is 7.52. The Balaban J connectivity index is 1.61. The molecule has 0 saturated heterocycles. The number of hydrogen-bond donors (Lipinski definition) is 1. The molecule has 37 heavy (non-hydrogen) atoms. The molecule has 0 radical (unpaired) electrons. The highest BCUT2D eigenvalue weighted by molar-refractivity contribution is 5.96. The highest BCUT2D eigenvalue weighted by Crippen LogP contribution is 2.32. The summed E-state index contributed by atoms with van der Waals surface area (Å²) in [6.45, 7) is 2.82.